The third-order valence-corrected chi connectivity index (χ3v) is 9.02. The van der Waals surface area contributed by atoms with Gasteiger partial charge in [-0.3, -0.25) is 4.57 Å². The average Bonchev–Trinajstić information content (AvgIpc) is 3.55. The fraction of sp³-hybridized carbons (Fsp3) is 0.0513. The van der Waals surface area contributed by atoms with Crippen LogP contribution in [0.5, 0.6) is 11.5 Å². The molecule has 3 nitrogen and oxygen atoms in total. The number of benzene rings is 6. The summed E-state index contributed by atoms with van der Waals surface area (Å²) in [6.07, 6.45) is 0. The maximum Gasteiger partial charge on any atom is 0.153 e. The van der Waals surface area contributed by atoms with Gasteiger partial charge < -0.3 is 4.74 Å². The highest BCUT2D eigenvalue weighted by molar-refractivity contribution is 5.90. The Morgan fingerprint density at radius 2 is 1.24 bits per heavy atom. The number of hydrogen-bond acceptors (Lipinski definition) is 2. The highest BCUT2D eigenvalue weighted by Crippen LogP contribution is 2.56. The zero-order valence-electron chi connectivity index (χ0n) is 23.1. The van der Waals surface area contributed by atoms with Crippen LogP contribution in [0.15, 0.2) is 140 Å². The first-order valence-corrected chi connectivity index (χ1v) is 14.4. The quantitative estimate of drug-likeness (QED) is 0.224. The molecule has 0 bridgehead atoms. The lowest BCUT2D eigenvalue weighted by atomic mass is 9.67. The lowest BCUT2D eigenvalue weighted by molar-refractivity contribution is 0.475. The molecule has 0 N–H and O–H groups in total. The van der Waals surface area contributed by atoms with Crippen molar-refractivity contribution in [2.45, 2.75) is 12.3 Å². The number of rotatable bonds is 3. The smallest absolute Gasteiger partial charge is 0.153 e. The minimum absolute atomic E-state index is 0.423. The van der Waals surface area contributed by atoms with Gasteiger partial charge in [0.2, 0.25) is 0 Å². The van der Waals surface area contributed by atoms with Crippen LogP contribution in [0.25, 0.3) is 39.0 Å². The molecule has 1 aromatic heterocycles. The van der Waals surface area contributed by atoms with E-state index < -0.39 is 5.41 Å². The van der Waals surface area contributed by atoms with Crippen LogP contribution >= 0.6 is 0 Å². The van der Waals surface area contributed by atoms with Gasteiger partial charge in [0.1, 0.15) is 11.3 Å². The van der Waals surface area contributed by atoms with Crippen molar-refractivity contribution in [3.05, 3.63) is 168 Å². The lowest BCUT2D eigenvalue weighted by Crippen LogP contribution is -2.28. The Hall–Kier alpha value is -5.41. The molecule has 6 aromatic carbocycles. The first-order chi connectivity index (χ1) is 20.7. The number of aryl methyl sites for hydroxylation is 1. The summed E-state index contributed by atoms with van der Waals surface area (Å²) in [4.78, 5) is 4.78. The highest BCUT2D eigenvalue weighted by Gasteiger charge is 2.46. The number of fused-ring (bicyclic) bond motifs is 5. The van der Waals surface area contributed by atoms with Crippen molar-refractivity contribution >= 4 is 11.0 Å². The van der Waals surface area contributed by atoms with Gasteiger partial charge in [-0.15, -0.1) is 0 Å². The minimum Gasteiger partial charge on any atom is -0.453 e. The summed E-state index contributed by atoms with van der Waals surface area (Å²) < 4.78 is 8.70. The van der Waals surface area contributed by atoms with E-state index in [1.807, 2.05) is 18.2 Å². The third-order valence-electron chi connectivity index (χ3n) is 9.02. The Morgan fingerprint density at radius 1 is 0.571 bits per heavy atom. The van der Waals surface area contributed by atoms with E-state index in [-0.39, 0.29) is 0 Å². The predicted octanol–water partition coefficient (Wildman–Crippen LogP) is 9.47. The molecule has 0 amide bonds. The molecule has 0 spiro atoms. The van der Waals surface area contributed by atoms with Crippen molar-refractivity contribution in [2.24, 2.45) is 0 Å². The van der Waals surface area contributed by atoms with E-state index in [0.29, 0.717) is 0 Å². The summed E-state index contributed by atoms with van der Waals surface area (Å²) in [7, 11) is 0. The van der Waals surface area contributed by atoms with Gasteiger partial charge in [0.05, 0.1) is 16.6 Å². The van der Waals surface area contributed by atoms with E-state index >= 15 is 0 Å². The molecule has 0 saturated carbocycles. The normalized spacial score (nSPS) is 13.7. The first-order valence-electron chi connectivity index (χ1n) is 14.4. The average molecular weight is 539 g/mol. The maximum absolute atomic E-state index is 6.49. The van der Waals surface area contributed by atoms with Gasteiger partial charge in [-0.25, -0.2) is 4.98 Å². The number of ether oxygens (including phenoxy) is 1. The second-order valence-electron chi connectivity index (χ2n) is 11.2. The predicted molar refractivity (Wildman–Crippen MR) is 169 cm³/mol. The molecule has 0 radical (unpaired) electrons. The lowest BCUT2D eigenvalue weighted by Gasteiger charge is -2.34. The standard InChI is InChI=1S/C39H26N2O/c1-25-40-34-17-10-18-36-38(34)41(25)35-22-20-27(24-37(35)42-36)26-19-21-31-30-15-8-9-16-32(30)39(33(31)23-26,28-11-4-2-5-12-28)29-13-6-3-7-14-29/h2-24H,1H3. The third kappa shape index (κ3) is 3.02. The maximum atomic E-state index is 6.49. The van der Waals surface area contributed by atoms with Crippen LogP contribution in [0.2, 0.25) is 0 Å². The van der Waals surface area contributed by atoms with Gasteiger partial charge in [0, 0.05) is 0 Å². The number of imidazole rings is 1. The van der Waals surface area contributed by atoms with Crippen molar-refractivity contribution in [1.82, 2.24) is 9.55 Å². The molecule has 0 fully saturated rings. The van der Waals surface area contributed by atoms with E-state index in [9.17, 15) is 0 Å². The summed E-state index contributed by atoms with van der Waals surface area (Å²) in [5.74, 6) is 2.64. The van der Waals surface area contributed by atoms with Crippen molar-refractivity contribution in [3.63, 3.8) is 0 Å². The van der Waals surface area contributed by atoms with Gasteiger partial charge in [-0.2, -0.15) is 0 Å². The fourth-order valence-corrected chi connectivity index (χ4v) is 7.29. The Morgan fingerprint density at radius 3 is 2.02 bits per heavy atom. The molecule has 0 unspecified atom stereocenters. The molecule has 1 aliphatic heterocycles. The van der Waals surface area contributed by atoms with Crippen LogP contribution in [-0.2, 0) is 5.41 Å². The Labute approximate surface area is 244 Å². The monoisotopic (exact) mass is 538 g/mol. The molecular weight excluding hydrogens is 512 g/mol. The SMILES string of the molecule is Cc1nc2cccc3c2n1-c1ccc(-c2ccc4c(c2)C(c2ccccc2)(c2ccccc2)c2ccccc2-4)cc1O3. The van der Waals surface area contributed by atoms with E-state index in [2.05, 4.69) is 133 Å². The van der Waals surface area contributed by atoms with Gasteiger partial charge >= 0.3 is 0 Å². The molecule has 0 saturated heterocycles. The summed E-state index contributed by atoms with van der Waals surface area (Å²) in [5.41, 5.74) is 12.6. The molecule has 42 heavy (non-hydrogen) atoms. The molecule has 7 aromatic rings. The summed E-state index contributed by atoms with van der Waals surface area (Å²) in [5, 5.41) is 0. The van der Waals surface area contributed by atoms with E-state index in [1.165, 1.54) is 33.4 Å². The Bertz CT molecular complexity index is 2140. The van der Waals surface area contributed by atoms with Crippen LogP contribution in [0, 0.1) is 6.92 Å². The second-order valence-corrected chi connectivity index (χ2v) is 11.2. The minimum atomic E-state index is -0.423. The summed E-state index contributed by atoms with van der Waals surface area (Å²) in [6, 6.07) is 50.3. The van der Waals surface area contributed by atoms with Crippen molar-refractivity contribution in [1.29, 1.82) is 0 Å². The second kappa shape index (κ2) is 8.55. The van der Waals surface area contributed by atoms with Crippen LogP contribution in [0.3, 0.4) is 0 Å². The van der Waals surface area contributed by atoms with Crippen LogP contribution in [0.1, 0.15) is 28.1 Å². The topological polar surface area (TPSA) is 27.1 Å². The molecule has 9 rings (SSSR count). The Balaban J connectivity index is 1.27. The number of para-hydroxylation sites is 1. The zero-order valence-corrected chi connectivity index (χ0v) is 23.1. The number of hydrogen-bond donors (Lipinski definition) is 0. The highest BCUT2D eigenvalue weighted by atomic mass is 16.5. The molecule has 2 heterocycles. The number of nitrogens with zero attached hydrogens (tertiary/aromatic N) is 2. The molecule has 198 valence electrons. The summed E-state index contributed by atoms with van der Waals surface area (Å²) in [6.45, 7) is 2.05. The van der Waals surface area contributed by atoms with Crippen LogP contribution in [-0.4, -0.2) is 9.55 Å². The largest absolute Gasteiger partial charge is 0.453 e. The van der Waals surface area contributed by atoms with E-state index in [0.717, 1.165) is 45.2 Å². The van der Waals surface area contributed by atoms with E-state index in [4.69, 9.17) is 9.72 Å². The van der Waals surface area contributed by atoms with Gasteiger partial charge in [-0.05, 0) is 81.8 Å². The van der Waals surface area contributed by atoms with Crippen molar-refractivity contribution < 1.29 is 4.74 Å². The fourth-order valence-electron chi connectivity index (χ4n) is 7.29. The molecule has 2 aliphatic rings. The molecular formula is C39H26N2O. The summed E-state index contributed by atoms with van der Waals surface area (Å²) >= 11 is 0. The molecule has 0 atom stereocenters. The molecule has 1 aliphatic carbocycles. The Kier molecular flexibility index (Phi) is 4.74. The van der Waals surface area contributed by atoms with Crippen molar-refractivity contribution in [3.8, 4) is 39.4 Å². The van der Waals surface area contributed by atoms with Gasteiger partial charge in [-0.1, -0.05) is 109 Å². The van der Waals surface area contributed by atoms with Crippen molar-refractivity contribution in [2.75, 3.05) is 0 Å². The van der Waals surface area contributed by atoms with Gasteiger partial charge in [0.15, 0.2) is 11.5 Å². The van der Waals surface area contributed by atoms with E-state index in [1.54, 1.807) is 0 Å². The number of aromatic nitrogens is 2. The van der Waals surface area contributed by atoms with Gasteiger partial charge in [0.25, 0.3) is 0 Å². The first kappa shape index (κ1) is 23.3. The molecule has 3 heteroatoms. The van der Waals surface area contributed by atoms with Crippen LogP contribution < -0.4 is 4.74 Å². The zero-order chi connectivity index (χ0) is 27.8. The van der Waals surface area contributed by atoms with Crippen LogP contribution in [0.4, 0.5) is 0 Å².